The first-order valence-electron chi connectivity index (χ1n) is 4.82. The van der Waals surface area contributed by atoms with E-state index in [1.807, 2.05) is 0 Å². The molecule has 0 amide bonds. The van der Waals surface area contributed by atoms with Crippen LogP contribution in [0.3, 0.4) is 0 Å². The molecule has 1 rings (SSSR count). The van der Waals surface area contributed by atoms with Crippen LogP contribution >= 0.6 is 7.60 Å². The Bertz CT molecular complexity index is 320. The fourth-order valence-electron chi connectivity index (χ4n) is 1.04. The smallest absolute Gasteiger partial charge is 0.364 e. The van der Waals surface area contributed by atoms with Crippen LogP contribution in [-0.4, -0.2) is 17.4 Å². The van der Waals surface area contributed by atoms with Gasteiger partial charge in [-0.05, 0) is 27.7 Å². The van der Waals surface area contributed by atoms with Crippen molar-refractivity contribution in [3.05, 3.63) is 12.3 Å². The van der Waals surface area contributed by atoms with Gasteiger partial charge < -0.3 is 13.6 Å². The van der Waals surface area contributed by atoms with Crippen LogP contribution in [0.25, 0.3) is 0 Å². The molecule has 0 N–H and O–H groups in total. The van der Waals surface area contributed by atoms with Crippen molar-refractivity contribution in [2.24, 2.45) is 0 Å². The topological polar surface area (TPSA) is 61.6 Å². The summed E-state index contributed by atoms with van der Waals surface area (Å²) in [6, 6.07) is 1.49. The summed E-state index contributed by atoms with van der Waals surface area (Å²) in [7, 11) is -3.34. The van der Waals surface area contributed by atoms with E-state index in [1.54, 1.807) is 27.7 Å². The van der Waals surface area contributed by atoms with Crippen molar-refractivity contribution in [3.63, 3.8) is 0 Å². The van der Waals surface area contributed by atoms with E-state index in [-0.39, 0.29) is 17.6 Å². The predicted octanol–water partition coefficient (Wildman–Crippen LogP) is 2.34. The van der Waals surface area contributed by atoms with Gasteiger partial charge in [-0.15, -0.1) is 0 Å². The van der Waals surface area contributed by atoms with Crippen molar-refractivity contribution in [1.82, 2.24) is 5.16 Å². The van der Waals surface area contributed by atoms with Crippen LogP contribution in [0.5, 0.6) is 0 Å². The Hall–Kier alpha value is -0.640. The molecule has 0 aromatic carbocycles. The molecule has 0 saturated heterocycles. The first-order valence-corrected chi connectivity index (χ1v) is 6.36. The number of hydrogen-bond acceptors (Lipinski definition) is 5. The summed E-state index contributed by atoms with van der Waals surface area (Å²) in [5, 5.41) is 3.61. The lowest BCUT2D eigenvalue weighted by atomic mass is 10.5. The third-order valence-corrected chi connectivity index (χ3v) is 3.59. The zero-order valence-electron chi connectivity index (χ0n) is 9.34. The van der Waals surface area contributed by atoms with Crippen molar-refractivity contribution < 1.29 is 18.1 Å². The van der Waals surface area contributed by atoms with Crippen LogP contribution in [0, 0.1) is 0 Å². The SMILES string of the molecule is CC(C)OP(=O)(OC(C)C)c1ccon1. The van der Waals surface area contributed by atoms with Crippen LogP contribution < -0.4 is 5.44 Å². The van der Waals surface area contributed by atoms with E-state index in [9.17, 15) is 4.57 Å². The van der Waals surface area contributed by atoms with Gasteiger partial charge in [0.05, 0.1) is 12.2 Å². The maximum atomic E-state index is 12.3. The van der Waals surface area contributed by atoms with Crippen LogP contribution in [0.15, 0.2) is 16.9 Å². The van der Waals surface area contributed by atoms with Crippen LogP contribution in [0.4, 0.5) is 0 Å². The third kappa shape index (κ3) is 3.45. The van der Waals surface area contributed by atoms with E-state index in [0.29, 0.717) is 0 Å². The second-order valence-corrected chi connectivity index (χ2v) is 5.54. The molecule has 0 atom stereocenters. The minimum atomic E-state index is -3.34. The minimum Gasteiger partial charge on any atom is -0.364 e. The van der Waals surface area contributed by atoms with Crippen molar-refractivity contribution in [2.45, 2.75) is 39.9 Å². The summed E-state index contributed by atoms with van der Waals surface area (Å²) in [4.78, 5) is 0. The molecule has 6 heteroatoms. The monoisotopic (exact) mass is 233 g/mol. The Kier molecular flexibility index (Phi) is 4.08. The molecule has 0 aliphatic rings. The van der Waals surface area contributed by atoms with Crippen molar-refractivity contribution in [2.75, 3.05) is 0 Å². The fourth-order valence-corrected chi connectivity index (χ4v) is 2.80. The molecule has 0 fully saturated rings. The Morgan fingerprint density at radius 3 is 2.13 bits per heavy atom. The number of nitrogens with zero attached hydrogens (tertiary/aromatic N) is 1. The van der Waals surface area contributed by atoms with E-state index < -0.39 is 7.60 Å². The zero-order valence-corrected chi connectivity index (χ0v) is 10.2. The highest BCUT2D eigenvalue weighted by Crippen LogP contribution is 2.48. The summed E-state index contributed by atoms with van der Waals surface area (Å²) >= 11 is 0. The highest BCUT2D eigenvalue weighted by atomic mass is 31.2. The van der Waals surface area contributed by atoms with Gasteiger partial charge in [-0.3, -0.25) is 4.57 Å². The second-order valence-electron chi connectivity index (χ2n) is 3.66. The minimum absolute atomic E-state index is 0.203. The molecule has 5 nitrogen and oxygen atoms in total. The molecule has 1 aromatic rings. The molecule has 0 bridgehead atoms. The Morgan fingerprint density at radius 1 is 1.27 bits per heavy atom. The van der Waals surface area contributed by atoms with Crippen LogP contribution in [0.2, 0.25) is 0 Å². The lowest BCUT2D eigenvalue weighted by molar-refractivity contribution is 0.149. The summed E-state index contributed by atoms with van der Waals surface area (Å²) < 4.78 is 27.6. The number of aromatic nitrogens is 1. The van der Waals surface area contributed by atoms with Crippen molar-refractivity contribution in [1.29, 1.82) is 0 Å². The van der Waals surface area contributed by atoms with Crippen molar-refractivity contribution in [3.8, 4) is 0 Å². The number of rotatable bonds is 5. The molecule has 0 aliphatic heterocycles. The molecule has 0 aliphatic carbocycles. The lowest BCUT2D eigenvalue weighted by Gasteiger charge is -2.20. The summed E-state index contributed by atoms with van der Waals surface area (Å²) in [6.07, 6.45) is 0.938. The first kappa shape index (κ1) is 12.4. The van der Waals surface area contributed by atoms with Gasteiger partial charge >= 0.3 is 7.60 Å². The predicted molar refractivity (Wildman–Crippen MR) is 56.2 cm³/mol. The molecular formula is C9H16NO4P. The van der Waals surface area contributed by atoms with E-state index in [0.717, 1.165) is 0 Å². The third-order valence-electron chi connectivity index (χ3n) is 1.40. The van der Waals surface area contributed by atoms with E-state index in [1.165, 1.54) is 12.3 Å². The second kappa shape index (κ2) is 4.92. The average molecular weight is 233 g/mol. The Balaban J connectivity index is 2.91. The Labute approximate surface area is 89.3 Å². The molecule has 0 radical (unpaired) electrons. The van der Waals surface area contributed by atoms with Gasteiger partial charge in [-0.1, -0.05) is 5.16 Å². The molecule has 0 unspecified atom stereocenters. The Morgan fingerprint density at radius 2 is 1.80 bits per heavy atom. The largest absolute Gasteiger partial charge is 0.383 e. The van der Waals surface area contributed by atoms with Gasteiger partial charge in [0.25, 0.3) is 0 Å². The quantitative estimate of drug-likeness (QED) is 0.730. The summed E-state index contributed by atoms with van der Waals surface area (Å²) in [5.41, 5.74) is 0.213. The van der Waals surface area contributed by atoms with Crippen molar-refractivity contribution >= 4 is 13.0 Å². The van der Waals surface area contributed by atoms with Gasteiger partial charge in [0.15, 0.2) is 5.44 Å². The lowest BCUT2D eigenvalue weighted by Crippen LogP contribution is -2.17. The van der Waals surface area contributed by atoms with Crippen LogP contribution in [-0.2, 0) is 13.6 Å². The van der Waals surface area contributed by atoms with E-state index >= 15 is 0 Å². The molecule has 1 heterocycles. The summed E-state index contributed by atoms with van der Waals surface area (Å²) in [6.45, 7) is 7.15. The highest BCUT2D eigenvalue weighted by Gasteiger charge is 2.33. The molecule has 86 valence electrons. The van der Waals surface area contributed by atoms with Gasteiger partial charge in [0.1, 0.15) is 6.26 Å². The highest BCUT2D eigenvalue weighted by molar-refractivity contribution is 7.61. The maximum absolute atomic E-state index is 12.3. The van der Waals surface area contributed by atoms with Gasteiger partial charge in [-0.2, -0.15) is 0 Å². The maximum Gasteiger partial charge on any atom is 0.383 e. The average Bonchev–Trinajstić information content (AvgIpc) is 2.51. The van der Waals surface area contributed by atoms with Gasteiger partial charge in [0.2, 0.25) is 0 Å². The standard InChI is InChI=1S/C9H16NO4P/c1-7(2)13-15(11,14-8(3)4)9-5-6-12-10-9/h5-8H,1-4H3. The normalized spacial score (nSPS) is 12.7. The van der Waals surface area contributed by atoms with Gasteiger partial charge in [0, 0.05) is 6.07 Å². The van der Waals surface area contributed by atoms with E-state index in [4.69, 9.17) is 9.05 Å². The van der Waals surface area contributed by atoms with Gasteiger partial charge in [-0.25, -0.2) is 0 Å². The number of hydrogen-bond donors (Lipinski definition) is 0. The molecular weight excluding hydrogens is 217 g/mol. The van der Waals surface area contributed by atoms with Crippen LogP contribution in [0.1, 0.15) is 27.7 Å². The molecule has 0 spiro atoms. The fraction of sp³-hybridized carbons (Fsp3) is 0.667. The molecule has 15 heavy (non-hydrogen) atoms. The first-order chi connectivity index (χ1) is 6.94. The summed E-state index contributed by atoms with van der Waals surface area (Å²) in [5.74, 6) is 0. The zero-order chi connectivity index (χ0) is 11.5. The molecule has 0 saturated carbocycles. The molecule has 1 aromatic heterocycles. The van der Waals surface area contributed by atoms with E-state index in [2.05, 4.69) is 9.68 Å².